The Morgan fingerprint density at radius 3 is 2.35 bits per heavy atom. The Hall–Kier alpha value is -2.67. The van der Waals surface area contributed by atoms with Crippen LogP contribution in [0.3, 0.4) is 0 Å². The van der Waals surface area contributed by atoms with Crippen LogP contribution in [0.25, 0.3) is 0 Å². The third-order valence-electron chi connectivity index (χ3n) is 5.95. The molecule has 31 heavy (non-hydrogen) atoms. The Balaban J connectivity index is 1.27. The number of rotatable bonds is 6. The van der Waals surface area contributed by atoms with E-state index in [2.05, 4.69) is 41.4 Å². The van der Waals surface area contributed by atoms with Gasteiger partial charge in [-0.1, -0.05) is 18.2 Å². The van der Waals surface area contributed by atoms with Crippen LogP contribution in [0.1, 0.15) is 68.6 Å². The van der Waals surface area contributed by atoms with Crippen LogP contribution in [-0.4, -0.2) is 52.2 Å². The van der Waals surface area contributed by atoms with E-state index in [1.165, 1.54) is 18.5 Å². The first-order valence-electron chi connectivity index (χ1n) is 11.3. The molecule has 2 aromatic rings. The lowest BCUT2D eigenvalue weighted by atomic mass is 10.0. The number of para-hydroxylation sites is 1. The number of aromatic nitrogens is 2. The van der Waals surface area contributed by atoms with Crippen LogP contribution in [0.5, 0.6) is 0 Å². The topological polar surface area (TPSA) is 79.3 Å². The van der Waals surface area contributed by atoms with Gasteiger partial charge in [-0.25, -0.2) is 0 Å². The molecule has 1 saturated carbocycles. The molecule has 7 nitrogen and oxygen atoms in total. The molecule has 2 amide bonds. The van der Waals surface area contributed by atoms with E-state index in [-0.39, 0.29) is 23.4 Å². The van der Waals surface area contributed by atoms with E-state index in [1.807, 2.05) is 41.1 Å². The van der Waals surface area contributed by atoms with Crippen molar-refractivity contribution in [2.75, 3.05) is 25.0 Å². The van der Waals surface area contributed by atoms with Crippen molar-refractivity contribution in [3.63, 3.8) is 0 Å². The quantitative estimate of drug-likeness (QED) is 0.747. The molecule has 0 radical (unpaired) electrons. The monoisotopic (exact) mass is 423 g/mol. The molecular formula is C24H33N5O2. The highest BCUT2D eigenvalue weighted by atomic mass is 16.2. The van der Waals surface area contributed by atoms with E-state index < -0.39 is 0 Å². The second-order valence-corrected chi connectivity index (χ2v) is 9.75. The van der Waals surface area contributed by atoms with E-state index in [9.17, 15) is 9.59 Å². The van der Waals surface area contributed by atoms with Gasteiger partial charge < -0.3 is 10.6 Å². The van der Waals surface area contributed by atoms with E-state index >= 15 is 0 Å². The van der Waals surface area contributed by atoms with E-state index in [0.29, 0.717) is 18.2 Å². The van der Waals surface area contributed by atoms with E-state index in [0.717, 1.165) is 31.6 Å². The summed E-state index contributed by atoms with van der Waals surface area (Å²) in [6.45, 7) is 8.32. The smallest absolute Gasteiger partial charge is 0.272 e. The predicted octanol–water partition coefficient (Wildman–Crippen LogP) is 3.35. The van der Waals surface area contributed by atoms with Gasteiger partial charge in [0.25, 0.3) is 5.91 Å². The number of likely N-dealkylation sites (tertiary alicyclic amines) is 1. The molecule has 7 heteroatoms. The van der Waals surface area contributed by atoms with Crippen LogP contribution in [0, 0.1) is 0 Å². The normalized spacial score (nSPS) is 18.0. The van der Waals surface area contributed by atoms with Crippen molar-refractivity contribution in [3.8, 4) is 0 Å². The molecule has 4 rings (SSSR count). The molecule has 2 heterocycles. The lowest BCUT2D eigenvalue weighted by Gasteiger charge is -2.31. The number of nitrogens with one attached hydrogen (secondary N) is 2. The summed E-state index contributed by atoms with van der Waals surface area (Å²) in [4.78, 5) is 27.3. The summed E-state index contributed by atoms with van der Waals surface area (Å²) in [5, 5.41) is 10.7. The number of hydrogen-bond donors (Lipinski definition) is 2. The van der Waals surface area contributed by atoms with Crippen molar-refractivity contribution < 1.29 is 9.59 Å². The summed E-state index contributed by atoms with van der Waals surface area (Å²) in [5.41, 5.74) is 2.37. The fraction of sp³-hybridized carbons (Fsp3) is 0.542. The van der Waals surface area contributed by atoms with Crippen molar-refractivity contribution in [1.82, 2.24) is 20.0 Å². The average Bonchev–Trinajstić information content (AvgIpc) is 3.46. The van der Waals surface area contributed by atoms with Gasteiger partial charge in [0.05, 0.1) is 12.1 Å². The summed E-state index contributed by atoms with van der Waals surface area (Å²) in [6, 6.07) is 11.6. The second-order valence-electron chi connectivity index (χ2n) is 9.75. The lowest BCUT2D eigenvalue weighted by Crippen LogP contribution is -2.46. The average molecular weight is 424 g/mol. The van der Waals surface area contributed by atoms with Gasteiger partial charge in [0.15, 0.2) is 0 Å². The summed E-state index contributed by atoms with van der Waals surface area (Å²) in [7, 11) is 0. The van der Waals surface area contributed by atoms with Crippen LogP contribution in [0.2, 0.25) is 0 Å². The van der Waals surface area contributed by atoms with Gasteiger partial charge >= 0.3 is 0 Å². The minimum Gasteiger partial charge on any atom is -0.348 e. The zero-order valence-electron chi connectivity index (χ0n) is 18.7. The molecule has 2 N–H and O–H groups in total. The molecule has 2 aliphatic rings. The van der Waals surface area contributed by atoms with Crippen molar-refractivity contribution >= 4 is 17.5 Å². The minimum absolute atomic E-state index is 0.00555. The van der Waals surface area contributed by atoms with Gasteiger partial charge in [0.1, 0.15) is 5.69 Å². The SMILES string of the molecule is CC(C)(C)n1nc(C(=O)NC2CCN(CC(=O)Nc3ccccc3)CC2)cc1C1CC1. The maximum absolute atomic E-state index is 12.8. The Morgan fingerprint density at radius 2 is 1.74 bits per heavy atom. The molecular weight excluding hydrogens is 390 g/mol. The van der Waals surface area contributed by atoms with Gasteiger partial charge in [-0.3, -0.25) is 19.2 Å². The lowest BCUT2D eigenvalue weighted by molar-refractivity contribution is -0.117. The molecule has 1 aliphatic heterocycles. The summed E-state index contributed by atoms with van der Waals surface area (Å²) in [5.74, 6) is 0.442. The zero-order valence-corrected chi connectivity index (χ0v) is 18.7. The highest BCUT2D eigenvalue weighted by Crippen LogP contribution is 2.41. The number of piperidine rings is 1. The number of amides is 2. The van der Waals surface area contributed by atoms with Crippen LogP contribution in [-0.2, 0) is 10.3 Å². The molecule has 1 aromatic carbocycles. The van der Waals surface area contributed by atoms with Gasteiger partial charge in [0, 0.05) is 36.4 Å². The maximum Gasteiger partial charge on any atom is 0.272 e. The first-order valence-corrected chi connectivity index (χ1v) is 11.3. The molecule has 0 unspecified atom stereocenters. The van der Waals surface area contributed by atoms with E-state index in [4.69, 9.17) is 0 Å². The third kappa shape index (κ3) is 5.53. The summed E-state index contributed by atoms with van der Waals surface area (Å²) < 4.78 is 2.02. The largest absolute Gasteiger partial charge is 0.348 e. The first-order chi connectivity index (χ1) is 14.8. The van der Waals surface area contributed by atoms with E-state index in [1.54, 1.807) is 0 Å². The molecule has 2 fully saturated rings. The van der Waals surface area contributed by atoms with Gasteiger partial charge in [0.2, 0.25) is 5.91 Å². The molecule has 1 aliphatic carbocycles. The third-order valence-corrected chi connectivity index (χ3v) is 5.95. The highest BCUT2D eigenvalue weighted by molar-refractivity contribution is 5.93. The summed E-state index contributed by atoms with van der Waals surface area (Å²) in [6.07, 6.45) is 4.03. The Bertz CT molecular complexity index is 919. The summed E-state index contributed by atoms with van der Waals surface area (Å²) >= 11 is 0. The maximum atomic E-state index is 12.8. The molecule has 1 aromatic heterocycles. The predicted molar refractivity (Wildman–Crippen MR) is 121 cm³/mol. The number of hydrogen-bond acceptors (Lipinski definition) is 4. The molecule has 166 valence electrons. The fourth-order valence-electron chi connectivity index (χ4n) is 4.13. The van der Waals surface area contributed by atoms with Gasteiger partial charge in [-0.05, 0) is 64.7 Å². The second kappa shape index (κ2) is 8.83. The van der Waals surface area contributed by atoms with Crippen molar-refractivity contribution in [2.24, 2.45) is 0 Å². The van der Waals surface area contributed by atoms with Crippen molar-refractivity contribution in [1.29, 1.82) is 0 Å². The Kier molecular flexibility index (Phi) is 6.14. The molecule has 1 saturated heterocycles. The van der Waals surface area contributed by atoms with Crippen LogP contribution >= 0.6 is 0 Å². The zero-order chi connectivity index (χ0) is 22.0. The van der Waals surface area contributed by atoms with Crippen molar-refractivity contribution in [2.45, 2.75) is 64.0 Å². The number of anilines is 1. The van der Waals surface area contributed by atoms with Gasteiger partial charge in [-0.2, -0.15) is 5.10 Å². The number of carbonyl (C=O) groups is 2. The fourth-order valence-corrected chi connectivity index (χ4v) is 4.13. The van der Waals surface area contributed by atoms with Crippen LogP contribution < -0.4 is 10.6 Å². The van der Waals surface area contributed by atoms with Crippen molar-refractivity contribution in [3.05, 3.63) is 47.8 Å². The molecule has 0 bridgehead atoms. The Labute approximate surface area is 184 Å². The Morgan fingerprint density at radius 1 is 1.06 bits per heavy atom. The van der Waals surface area contributed by atoms with Crippen LogP contribution in [0.4, 0.5) is 5.69 Å². The molecule has 0 atom stereocenters. The van der Waals surface area contributed by atoms with Gasteiger partial charge in [-0.15, -0.1) is 0 Å². The highest BCUT2D eigenvalue weighted by Gasteiger charge is 2.33. The minimum atomic E-state index is -0.137. The number of benzene rings is 1. The number of carbonyl (C=O) groups excluding carboxylic acids is 2. The standard InChI is InChI=1S/C24H33N5O2/c1-24(2,3)29-21(17-9-10-17)15-20(27-29)23(31)26-19-11-13-28(14-12-19)16-22(30)25-18-7-5-4-6-8-18/h4-8,15,17,19H,9-14,16H2,1-3H3,(H,25,30)(H,26,31). The molecule has 0 spiro atoms. The van der Waals surface area contributed by atoms with Crippen LogP contribution in [0.15, 0.2) is 36.4 Å². The number of nitrogens with zero attached hydrogens (tertiary/aromatic N) is 3. The first kappa shape index (κ1) is 21.6.